The van der Waals surface area contributed by atoms with E-state index in [1.807, 2.05) is 7.05 Å². The number of likely N-dealkylation sites (N-methyl/N-ethyl adjacent to an activating group) is 1. The number of urea groups is 1. The average Bonchev–Trinajstić information content (AvgIpc) is 3.39. The van der Waals surface area contributed by atoms with Crippen molar-refractivity contribution in [2.24, 2.45) is 0 Å². The average molecular weight is 418 g/mol. The molecule has 1 unspecified atom stereocenters. The number of rotatable bonds is 5. The van der Waals surface area contributed by atoms with Gasteiger partial charge in [-0.2, -0.15) is 0 Å². The van der Waals surface area contributed by atoms with Crippen LogP contribution in [0.5, 0.6) is 0 Å². The van der Waals surface area contributed by atoms with E-state index in [9.17, 15) is 13.2 Å². The van der Waals surface area contributed by atoms with Crippen LogP contribution in [0.25, 0.3) is 0 Å². The Morgan fingerprint density at radius 1 is 1.14 bits per heavy atom. The van der Waals surface area contributed by atoms with Gasteiger partial charge >= 0.3 is 6.03 Å². The second kappa shape index (κ2) is 7.76. The Kier molecular flexibility index (Phi) is 5.46. The van der Waals surface area contributed by atoms with Crippen LogP contribution < -0.4 is 10.0 Å². The summed E-state index contributed by atoms with van der Waals surface area (Å²) in [4.78, 5) is 14.8. The van der Waals surface area contributed by atoms with Crippen LogP contribution >= 0.6 is 0 Å². The molecule has 4 rings (SSSR count). The van der Waals surface area contributed by atoms with E-state index in [2.05, 4.69) is 27.9 Å². The van der Waals surface area contributed by atoms with Gasteiger partial charge in [0.2, 0.25) is 0 Å². The number of carbonyl (C=O) groups is 1. The zero-order valence-electron chi connectivity index (χ0n) is 17.4. The van der Waals surface area contributed by atoms with Gasteiger partial charge in [0.15, 0.2) is 0 Å². The van der Waals surface area contributed by atoms with Gasteiger partial charge in [0.05, 0.1) is 0 Å². The molecule has 0 bridgehead atoms. The number of anilines is 1. The Bertz CT molecular complexity index is 922. The number of nitrogens with zero attached hydrogens (tertiary/aromatic N) is 1. The molecule has 0 spiro atoms. The lowest BCUT2D eigenvalue weighted by Gasteiger charge is -2.32. The number of nitrogens with one attached hydrogen (secondary N) is 2. The van der Waals surface area contributed by atoms with Crippen molar-refractivity contribution in [3.63, 3.8) is 0 Å². The van der Waals surface area contributed by atoms with E-state index in [1.165, 1.54) is 22.3 Å². The first-order chi connectivity index (χ1) is 13.8. The minimum absolute atomic E-state index is 0.244. The molecule has 0 radical (unpaired) electrons. The highest BCUT2D eigenvalue weighted by atomic mass is 32.2. The number of hydrogen-bond acceptors (Lipinski definition) is 4. The SMILES string of the molecule is CCC1(/C=C/S(=O)(=O)NC(=O)Nc2c3c(cc4c2CCC4)CCC3)CCCN1C. The van der Waals surface area contributed by atoms with E-state index in [0.717, 1.165) is 75.4 Å². The van der Waals surface area contributed by atoms with Crippen molar-refractivity contribution in [1.82, 2.24) is 9.62 Å². The lowest BCUT2D eigenvalue weighted by atomic mass is 9.93. The fourth-order valence-electron chi connectivity index (χ4n) is 5.30. The second-order valence-electron chi connectivity index (χ2n) is 8.62. The number of benzene rings is 1. The summed E-state index contributed by atoms with van der Waals surface area (Å²) in [6.45, 7) is 3.02. The van der Waals surface area contributed by atoms with E-state index in [-0.39, 0.29) is 5.54 Å². The largest absolute Gasteiger partial charge is 0.333 e. The summed E-state index contributed by atoms with van der Waals surface area (Å²) in [6, 6.07) is 1.62. The number of fused-ring (bicyclic) bond motifs is 2. The predicted molar refractivity (Wildman–Crippen MR) is 116 cm³/mol. The van der Waals surface area contributed by atoms with Crippen molar-refractivity contribution in [3.8, 4) is 0 Å². The maximum atomic E-state index is 12.6. The van der Waals surface area contributed by atoms with Crippen LogP contribution in [0, 0.1) is 0 Å². The molecule has 1 fully saturated rings. The summed E-state index contributed by atoms with van der Waals surface area (Å²) < 4.78 is 27.3. The monoisotopic (exact) mass is 417 g/mol. The summed E-state index contributed by atoms with van der Waals surface area (Å²) in [5.74, 6) is 0. The summed E-state index contributed by atoms with van der Waals surface area (Å²) in [6.07, 6.45) is 10.7. The van der Waals surface area contributed by atoms with Crippen molar-refractivity contribution in [2.45, 2.75) is 70.3 Å². The Morgan fingerprint density at radius 2 is 1.79 bits per heavy atom. The van der Waals surface area contributed by atoms with E-state index in [4.69, 9.17) is 0 Å². The third-order valence-electron chi connectivity index (χ3n) is 6.98. The van der Waals surface area contributed by atoms with Gasteiger partial charge in [0.25, 0.3) is 10.0 Å². The standard InChI is InChI=1S/C22H31N3O3S/c1-3-22(11-6-13-25(22)2)12-14-29(27,28)24-21(26)23-20-18-9-4-7-16(18)15-17-8-5-10-19(17)20/h12,14-15H,3-11,13H2,1-2H3,(H2,23,24,26)/b14-12+. The van der Waals surface area contributed by atoms with Gasteiger partial charge in [0.1, 0.15) is 0 Å². The summed E-state index contributed by atoms with van der Waals surface area (Å²) in [5.41, 5.74) is 5.59. The van der Waals surface area contributed by atoms with Crippen molar-refractivity contribution in [1.29, 1.82) is 0 Å². The molecule has 1 aliphatic heterocycles. The Hall–Kier alpha value is -1.86. The van der Waals surface area contributed by atoms with Crippen LogP contribution in [0.4, 0.5) is 10.5 Å². The minimum atomic E-state index is -3.86. The fraction of sp³-hybridized carbons (Fsp3) is 0.591. The minimum Gasteiger partial charge on any atom is -0.307 e. The molecule has 0 aromatic heterocycles. The third kappa shape index (κ3) is 3.94. The molecule has 6 nitrogen and oxygen atoms in total. The van der Waals surface area contributed by atoms with Crippen LogP contribution in [-0.2, 0) is 35.7 Å². The maximum Gasteiger partial charge on any atom is 0.333 e. The third-order valence-corrected chi connectivity index (χ3v) is 7.94. The van der Waals surface area contributed by atoms with E-state index in [1.54, 1.807) is 6.08 Å². The highest BCUT2D eigenvalue weighted by Gasteiger charge is 2.35. The summed E-state index contributed by atoms with van der Waals surface area (Å²) >= 11 is 0. The number of sulfonamides is 1. The Morgan fingerprint density at radius 3 is 2.34 bits per heavy atom. The molecule has 1 heterocycles. The summed E-state index contributed by atoms with van der Waals surface area (Å²) in [7, 11) is -1.84. The molecule has 2 aliphatic carbocycles. The van der Waals surface area contributed by atoms with Crippen molar-refractivity contribution >= 4 is 21.7 Å². The molecular weight excluding hydrogens is 386 g/mol. The first kappa shape index (κ1) is 20.4. The van der Waals surface area contributed by atoms with Gasteiger partial charge < -0.3 is 5.32 Å². The molecule has 1 saturated heterocycles. The molecule has 158 valence electrons. The number of amides is 2. The molecule has 0 saturated carbocycles. The topological polar surface area (TPSA) is 78.5 Å². The predicted octanol–water partition coefficient (Wildman–Crippen LogP) is 3.50. The second-order valence-corrected chi connectivity index (χ2v) is 10.2. The molecule has 1 aromatic rings. The number of carbonyl (C=O) groups excluding carboxylic acids is 1. The van der Waals surface area contributed by atoms with Crippen molar-refractivity contribution < 1.29 is 13.2 Å². The molecule has 29 heavy (non-hydrogen) atoms. The highest BCUT2D eigenvalue weighted by molar-refractivity contribution is 7.92. The van der Waals surface area contributed by atoms with E-state index >= 15 is 0 Å². The molecule has 2 N–H and O–H groups in total. The van der Waals surface area contributed by atoms with Gasteiger partial charge in [-0.05, 0) is 93.6 Å². The van der Waals surface area contributed by atoms with Crippen LogP contribution in [0.2, 0.25) is 0 Å². The summed E-state index contributed by atoms with van der Waals surface area (Å²) in [5, 5.41) is 4.05. The maximum absolute atomic E-state index is 12.6. The van der Waals surface area contributed by atoms with Gasteiger partial charge in [-0.3, -0.25) is 4.90 Å². The number of likely N-dealkylation sites (tertiary alicyclic amines) is 1. The van der Waals surface area contributed by atoms with Crippen LogP contribution in [0.1, 0.15) is 61.3 Å². The van der Waals surface area contributed by atoms with Crippen molar-refractivity contribution in [2.75, 3.05) is 18.9 Å². The first-order valence-electron chi connectivity index (χ1n) is 10.7. The van der Waals surface area contributed by atoms with Crippen molar-refractivity contribution in [3.05, 3.63) is 39.8 Å². The normalized spacial score (nSPS) is 24.1. The van der Waals surface area contributed by atoms with E-state index < -0.39 is 16.1 Å². The van der Waals surface area contributed by atoms with Crippen LogP contribution in [0.3, 0.4) is 0 Å². The smallest absolute Gasteiger partial charge is 0.307 e. The van der Waals surface area contributed by atoms with Crippen LogP contribution in [-0.4, -0.2) is 38.5 Å². The van der Waals surface area contributed by atoms with Gasteiger partial charge in [-0.15, -0.1) is 0 Å². The quantitative estimate of drug-likeness (QED) is 0.769. The van der Waals surface area contributed by atoms with Gasteiger partial charge in [0, 0.05) is 16.6 Å². The lowest BCUT2D eigenvalue weighted by molar-refractivity contribution is 0.222. The fourth-order valence-corrected chi connectivity index (χ4v) is 6.11. The molecule has 2 amide bonds. The molecular formula is C22H31N3O3S. The Labute approximate surface area is 173 Å². The van der Waals surface area contributed by atoms with E-state index in [0.29, 0.717) is 0 Å². The lowest BCUT2D eigenvalue weighted by Crippen LogP contribution is -2.39. The van der Waals surface area contributed by atoms with Gasteiger partial charge in [-0.1, -0.05) is 19.1 Å². The molecule has 7 heteroatoms. The Balaban J connectivity index is 1.50. The molecule has 3 aliphatic rings. The highest BCUT2D eigenvalue weighted by Crippen LogP contribution is 2.38. The number of hydrogen-bond donors (Lipinski definition) is 2. The number of aryl methyl sites for hydroxylation is 2. The molecule has 1 atom stereocenters. The zero-order valence-corrected chi connectivity index (χ0v) is 18.2. The van der Waals surface area contributed by atoms with Gasteiger partial charge in [-0.25, -0.2) is 17.9 Å². The first-order valence-corrected chi connectivity index (χ1v) is 12.3. The zero-order chi connectivity index (χ0) is 20.6. The molecule has 1 aromatic carbocycles. The van der Waals surface area contributed by atoms with Crippen LogP contribution in [0.15, 0.2) is 17.6 Å².